The molecular weight excluding hydrogens is 258 g/mol. The van der Waals surface area contributed by atoms with Gasteiger partial charge in [-0.1, -0.05) is 18.7 Å². The van der Waals surface area contributed by atoms with Crippen molar-refractivity contribution >= 4 is 28.0 Å². The highest BCUT2D eigenvalue weighted by atomic mass is 15.2. The summed E-state index contributed by atoms with van der Waals surface area (Å²) in [4.78, 5) is 2.23. The van der Waals surface area contributed by atoms with Gasteiger partial charge in [-0.05, 0) is 35.9 Å². The zero-order valence-corrected chi connectivity index (χ0v) is 12.0. The van der Waals surface area contributed by atoms with E-state index in [1.54, 1.807) is 0 Å². The van der Waals surface area contributed by atoms with Gasteiger partial charge in [0.15, 0.2) is 0 Å². The highest BCUT2D eigenvalue weighted by molar-refractivity contribution is 5.92. The molecule has 0 fully saturated rings. The second-order valence-electron chi connectivity index (χ2n) is 5.58. The monoisotopic (exact) mass is 275 g/mol. The lowest BCUT2D eigenvalue weighted by Gasteiger charge is -2.20. The van der Waals surface area contributed by atoms with Crippen molar-refractivity contribution in [3.8, 4) is 0 Å². The lowest BCUT2D eigenvalue weighted by Crippen LogP contribution is -2.12. The normalized spacial score (nSPS) is 14.0. The SMILES string of the molecule is C=C1c2c(N)cccc2CN1c1ccc2c(ccn2C)c1. The first-order chi connectivity index (χ1) is 10.1. The van der Waals surface area contributed by atoms with E-state index in [1.807, 2.05) is 12.1 Å². The molecular formula is C18H17N3. The Balaban J connectivity index is 1.80. The van der Waals surface area contributed by atoms with E-state index in [4.69, 9.17) is 5.73 Å². The van der Waals surface area contributed by atoms with Crippen LogP contribution < -0.4 is 10.6 Å². The van der Waals surface area contributed by atoms with Crippen LogP contribution in [0.1, 0.15) is 11.1 Å². The Bertz CT molecular complexity index is 873. The maximum absolute atomic E-state index is 6.11. The largest absolute Gasteiger partial charge is 0.398 e. The third-order valence-corrected chi connectivity index (χ3v) is 4.31. The molecule has 0 radical (unpaired) electrons. The van der Waals surface area contributed by atoms with Gasteiger partial charge in [0.05, 0.1) is 0 Å². The third kappa shape index (κ3) is 1.67. The van der Waals surface area contributed by atoms with Crippen LogP contribution in [0.5, 0.6) is 0 Å². The molecule has 0 saturated heterocycles. The lowest BCUT2D eigenvalue weighted by molar-refractivity contribution is 0.968. The van der Waals surface area contributed by atoms with Crippen molar-refractivity contribution in [1.82, 2.24) is 4.57 Å². The molecule has 2 heterocycles. The molecule has 0 bridgehead atoms. The first-order valence-electron chi connectivity index (χ1n) is 7.04. The van der Waals surface area contributed by atoms with Crippen LogP contribution in [0.25, 0.3) is 16.6 Å². The predicted molar refractivity (Wildman–Crippen MR) is 89.0 cm³/mol. The van der Waals surface area contributed by atoms with Crippen molar-refractivity contribution in [3.05, 3.63) is 66.4 Å². The fourth-order valence-corrected chi connectivity index (χ4v) is 3.19. The Hall–Kier alpha value is -2.68. The number of aromatic nitrogens is 1. The molecule has 1 aliphatic rings. The molecule has 0 unspecified atom stereocenters. The molecule has 0 atom stereocenters. The summed E-state index contributed by atoms with van der Waals surface area (Å²) in [6.07, 6.45) is 2.08. The summed E-state index contributed by atoms with van der Waals surface area (Å²) in [5.41, 5.74) is 12.6. The molecule has 2 aromatic carbocycles. The molecule has 0 saturated carbocycles. The number of nitrogens with two attached hydrogens (primary N) is 1. The molecule has 2 N–H and O–H groups in total. The van der Waals surface area contributed by atoms with Gasteiger partial charge >= 0.3 is 0 Å². The smallest absolute Gasteiger partial charge is 0.0489 e. The molecule has 4 rings (SSSR count). The van der Waals surface area contributed by atoms with E-state index in [0.717, 1.165) is 29.2 Å². The molecule has 1 aliphatic heterocycles. The van der Waals surface area contributed by atoms with Crippen molar-refractivity contribution in [3.63, 3.8) is 0 Å². The van der Waals surface area contributed by atoms with Crippen LogP contribution in [-0.4, -0.2) is 4.57 Å². The van der Waals surface area contributed by atoms with Gasteiger partial charge in [-0.3, -0.25) is 0 Å². The predicted octanol–water partition coefficient (Wildman–Crippen LogP) is 3.75. The Morgan fingerprint density at radius 2 is 2.00 bits per heavy atom. The highest BCUT2D eigenvalue weighted by Crippen LogP contribution is 2.39. The Morgan fingerprint density at radius 3 is 2.81 bits per heavy atom. The summed E-state index contributed by atoms with van der Waals surface area (Å²) in [5, 5.41) is 1.24. The van der Waals surface area contributed by atoms with Gasteiger partial charge in [0.25, 0.3) is 0 Å². The topological polar surface area (TPSA) is 34.2 Å². The second kappa shape index (κ2) is 4.16. The summed E-state index contributed by atoms with van der Waals surface area (Å²) in [6.45, 7) is 5.07. The molecule has 1 aromatic heterocycles. The average Bonchev–Trinajstić information content (AvgIpc) is 3.01. The van der Waals surface area contributed by atoms with Gasteiger partial charge in [-0.2, -0.15) is 0 Å². The van der Waals surface area contributed by atoms with Crippen LogP contribution in [0.3, 0.4) is 0 Å². The molecule has 21 heavy (non-hydrogen) atoms. The fraction of sp³-hybridized carbons (Fsp3) is 0.111. The molecule has 3 nitrogen and oxygen atoms in total. The zero-order chi connectivity index (χ0) is 14.6. The third-order valence-electron chi connectivity index (χ3n) is 4.31. The molecule has 0 aliphatic carbocycles. The van der Waals surface area contributed by atoms with E-state index < -0.39 is 0 Å². The van der Waals surface area contributed by atoms with Crippen LogP contribution in [0.2, 0.25) is 0 Å². The van der Waals surface area contributed by atoms with E-state index in [-0.39, 0.29) is 0 Å². The summed E-state index contributed by atoms with van der Waals surface area (Å²) in [5.74, 6) is 0. The van der Waals surface area contributed by atoms with E-state index in [9.17, 15) is 0 Å². The van der Waals surface area contributed by atoms with E-state index >= 15 is 0 Å². The number of hydrogen-bond donors (Lipinski definition) is 1. The number of hydrogen-bond acceptors (Lipinski definition) is 2. The van der Waals surface area contributed by atoms with Gasteiger partial charge in [0.2, 0.25) is 0 Å². The molecule has 3 heteroatoms. The van der Waals surface area contributed by atoms with Gasteiger partial charge in [-0.15, -0.1) is 0 Å². The van der Waals surface area contributed by atoms with E-state index in [1.165, 1.54) is 16.5 Å². The van der Waals surface area contributed by atoms with Gasteiger partial charge < -0.3 is 15.2 Å². The molecule has 104 valence electrons. The summed E-state index contributed by atoms with van der Waals surface area (Å²) >= 11 is 0. The minimum Gasteiger partial charge on any atom is -0.398 e. The van der Waals surface area contributed by atoms with Crippen molar-refractivity contribution < 1.29 is 0 Å². The van der Waals surface area contributed by atoms with Crippen LogP contribution in [0.4, 0.5) is 11.4 Å². The summed E-state index contributed by atoms with van der Waals surface area (Å²) in [7, 11) is 2.06. The minimum absolute atomic E-state index is 0.806. The van der Waals surface area contributed by atoms with Crippen LogP contribution >= 0.6 is 0 Å². The van der Waals surface area contributed by atoms with Crippen LogP contribution in [0, 0.1) is 0 Å². The first kappa shape index (κ1) is 12.1. The maximum Gasteiger partial charge on any atom is 0.0489 e. The summed E-state index contributed by atoms with van der Waals surface area (Å²) in [6, 6.07) is 14.7. The van der Waals surface area contributed by atoms with Crippen molar-refractivity contribution in [2.24, 2.45) is 7.05 Å². The standard InChI is InChI=1S/C18H17N3/c1-12-18-14(4-3-5-16(18)19)11-21(12)15-6-7-17-13(10-15)8-9-20(17)2/h3-10H,1,11,19H2,2H3. The fourth-order valence-electron chi connectivity index (χ4n) is 3.19. The minimum atomic E-state index is 0.806. The zero-order valence-electron chi connectivity index (χ0n) is 12.0. The highest BCUT2D eigenvalue weighted by Gasteiger charge is 2.25. The van der Waals surface area contributed by atoms with Crippen molar-refractivity contribution in [1.29, 1.82) is 0 Å². The van der Waals surface area contributed by atoms with Crippen LogP contribution in [-0.2, 0) is 13.6 Å². The quantitative estimate of drug-likeness (QED) is 0.686. The van der Waals surface area contributed by atoms with Gasteiger partial charge in [-0.25, -0.2) is 0 Å². The van der Waals surface area contributed by atoms with Gasteiger partial charge in [0, 0.05) is 53.3 Å². The Labute approximate surface area is 123 Å². The van der Waals surface area contributed by atoms with E-state index in [0.29, 0.717) is 0 Å². The second-order valence-corrected chi connectivity index (χ2v) is 5.58. The summed E-state index contributed by atoms with van der Waals surface area (Å²) < 4.78 is 2.13. The number of nitrogens with zero attached hydrogens (tertiary/aromatic N) is 2. The van der Waals surface area contributed by atoms with Crippen molar-refractivity contribution in [2.45, 2.75) is 6.54 Å². The number of benzene rings is 2. The number of aryl methyl sites for hydroxylation is 1. The Kier molecular flexibility index (Phi) is 2.39. The van der Waals surface area contributed by atoms with Gasteiger partial charge in [0.1, 0.15) is 0 Å². The molecule has 3 aromatic rings. The molecule has 0 spiro atoms. The molecule has 0 amide bonds. The van der Waals surface area contributed by atoms with Crippen molar-refractivity contribution in [2.75, 3.05) is 10.6 Å². The maximum atomic E-state index is 6.11. The van der Waals surface area contributed by atoms with E-state index in [2.05, 4.69) is 59.6 Å². The number of anilines is 2. The lowest BCUT2D eigenvalue weighted by atomic mass is 10.1. The average molecular weight is 275 g/mol. The first-order valence-corrected chi connectivity index (χ1v) is 7.04. The van der Waals surface area contributed by atoms with Crippen LogP contribution in [0.15, 0.2) is 55.2 Å². The number of rotatable bonds is 1. The number of nitrogen functional groups attached to an aromatic ring is 1. The Morgan fingerprint density at radius 1 is 1.14 bits per heavy atom. The number of fused-ring (bicyclic) bond motifs is 2.